The van der Waals surface area contributed by atoms with Crippen molar-refractivity contribution in [2.45, 2.75) is 6.92 Å². The van der Waals surface area contributed by atoms with Gasteiger partial charge in [0.05, 0.1) is 25.4 Å². The van der Waals surface area contributed by atoms with Crippen LogP contribution in [0.2, 0.25) is 0 Å². The van der Waals surface area contributed by atoms with Gasteiger partial charge in [0.15, 0.2) is 6.67 Å². The third kappa shape index (κ3) is 1.27. The molecule has 68 valence electrons. The topological polar surface area (TPSA) is 12.4 Å². The van der Waals surface area contributed by atoms with Crippen molar-refractivity contribution in [3.63, 3.8) is 0 Å². The van der Waals surface area contributed by atoms with E-state index in [0.717, 1.165) is 16.9 Å². The first-order valence-electron chi connectivity index (χ1n) is 4.55. The highest BCUT2D eigenvalue weighted by molar-refractivity contribution is 6.04. The van der Waals surface area contributed by atoms with Crippen LogP contribution in [0, 0.1) is 0 Å². The van der Waals surface area contributed by atoms with E-state index in [1.165, 1.54) is 11.3 Å². The summed E-state index contributed by atoms with van der Waals surface area (Å²) < 4.78 is 0.855. The largest absolute Gasteiger partial charge is 0.277 e. The Kier molecular flexibility index (Phi) is 1.74. The number of para-hydroxylation sites is 1. The third-order valence-corrected chi connectivity index (χ3v) is 2.61. The normalized spacial score (nSPS) is 19.2. The van der Waals surface area contributed by atoms with Crippen molar-refractivity contribution in [2.75, 3.05) is 20.8 Å². The van der Waals surface area contributed by atoms with Crippen LogP contribution in [0.25, 0.3) is 0 Å². The monoisotopic (exact) mass is 175 g/mol. The Bertz CT molecular complexity index is 364. The molecule has 1 aromatic carbocycles. The SMILES string of the molecule is CC1=NC[N+](C)(C)c2ccccc21. The summed E-state index contributed by atoms with van der Waals surface area (Å²) in [5.74, 6) is 0. The second kappa shape index (κ2) is 2.67. The molecule has 1 aliphatic heterocycles. The summed E-state index contributed by atoms with van der Waals surface area (Å²) in [6, 6.07) is 8.50. The third-order valence-electron chi connectivity index (χ3n) is 2.61. The van der Waals surface area contributed by atoms with Gasteiger partial charge in [0.1, 0.15) is 5.69 Å². The molecule has 0 saturated carbocycles. The molecular formula is C11H15N2+. The molecule has 1 heterocycles. The molecule has 0 aromatic heterocycles. The number of nitrogens with zero attached hydrogens (tertiary/aromatic N) is 2. The molecule has 2 rings (SSSR count). The molecule has 0 radical (unpaired) electrons. The summed E-state index contributed by atoms with van der Waals surface area (Å²) in [7, 11) is 4.38. The lowest BCUT2D eigenvalue weighted by Crippen LogP contribution is -2.44. The van der Waals surface area contributed by atoms with Crippen molar-refractivity contribution in [3.8, 4) is 0 Å². The van der Waals surface area contributed by atoms with Crippen LogP contribution in [0.3, 0.4) is 0 Å². The number of quaternary nitrogens is 1. The number of aliphatic imine (C=N–C) groups is 1. The molecule has 0 fully saturated rings. The molecule has 2 nitrogen and oxygen atoms in total. The predicted octanol–water partition coefficient (Wildman–Crippen LogP) is 2.03. The van der Waals surface area contributed by atoms with E-state index in [9.17, 15) is 0 Å². The van der Waals surface area contributed by atoms with Gasteiger partial charge in [-0.15, -0.1) is 0 Å². The Balaban J connectivity index is 2.64. The Morgan fingerprint density at radius 2 is 1.92 bits per heavy atom. The van der Waals surface area contributed by atoms with E-state index in [2.05, 4.69) is 50.3 Å². The summed E-state index contributed by atoms with van der Waals surface area (Å²) in [5.41, 5.74) is 3.82. The quantitative estimate of drug-likeness (QED) is 0.535. The molecule has 0 unspecified atom stereocenters. The smallest absolute Gasteiger partial charge is 0.177 e. The Labute approximate surface area is 79.1 Å². The molecule has 0 amide bonds. The van der Waals surface area contributed by atoms with Crippen LogP contribution in [0.5, 0.6) is 0 Å². The van der Waals surface area contributed by atoms with Crippen LogP contribution in [0.1, 0.15) is 12.5 Å². The van der Waals surface area contributed by atoms with E-state index in [1.54, 1.807) is 0 Å². The van der Waals surface area contributed by atoms with E-state index < -0.39 is 0 Å². The molecule has 1 aromatic rings. The maximum absolute atomic E-state index is 4.51. The lowest BCUT2D eigenvalue weighted by atomic mass is 10.1. The average Bonchev–Trinajstić information content (AvgIpc) is 2.13. The zero-order chi connectivity index (χ0) is 9.47. The summed E-state index contributed by atoms with van der Waals surface area (Å²) in [6.45, 7) is 2.93. The lowest BCUT2D eigenvalue weighted by Gasteiger charge is -2.32. The molecule has 0 saturated heterocycles. The molecule has 1 aliphatic rings. The van der Waals surface area contributed by atoms with Crippen LogP contribution in [-0.4, -0.2) is 26.5 Å². The van der Waals surface area contributed by atoms with E-state index in [1.807, 2.05) is 0 Å². The molecule has 0 atom stereocenters. The van der Waals surface area contributed by atoms with Crippen molar-refractivity contribution < 1.29 is 0 Å². The number of rotatable bonds is 0. The minimum absolute atomic E-state index is 0.850. The van der Waals surface area contributed by atoms with Crippen molar-refractivity contribution in [3.05, 3.63) is 29.8 Å². The van der Waals surface area contributed by atoms with Crippen LogP contribution in [0.4, 0.5) is 5.69 Å². The maximum Gasteiger partial charge on any atom is 0.177 e. The van der Waals surface area contributed by atoms with Crippen LogP contribution in [0.15, 0.2) is 29.3 Å². The first-order valence-corrected chi connectivity index (χ1v) is 4.55. The van der Waals surface area contributed by atoms with Gasteiger partial charge < -0.3 is 0 Å². The zero-order valence-corrected chi connectivity index (χ0v) is 8.41. The van der Waals surface area contributed by atoms with Gasteiger partial charge in [-0.25, -0.2) is 4.99 Å². The molecule has 0 N–H and O–H groups in total. The van der Waals surface area contributed by atoms with Crippen LogP contribution < -0.4 is 4.48 Å². The lowest BCUT2D eigenvalue weighted by molar-refractivity contribution is 0.406. The Morgan fingerprint density at radius 3 is 2.62 bits per heavy atom. The van der Waals surface area contributed by atoms with Crippen molar-refractivity contribution in [2.24, 2.45) is 4.99 Å². The fraction of sp³-hybridized carbons (Fsp3) is 0.364. The standard InChI is InChI=1S/C11H15N2/c1-9-10-6-4-5-7-11(10)13(2,3)8-12-9/h4-7H,8H2,1-3H3/q+1. The van der Waals surface area contributed by atoms with Gasteiger partial charge in [-0.3, -0.25) is 4.48 Å². The van der Waals surface area contributed by atoms with Crippen molar-refractivity contribution in [1.29, 1.82) is 0 Å². The van der Waals surface area contributed by atoms with E-state index in [4.69, 9.17) is 0 Å². The second-order valence-corrected chi connectivity index (χ2v) is 4.09. The van der Waals surface area contributed by atoms with Crippen molar-refractivity contribution >= 4 is 11.4 Å². The van der Waals surface area contributed by atoms with Gasteiger partial charge in [0, 0.05) is 0 Å². The molecule has 13 heavy (non-hydrogen) atoms. The molecule has 0 bridgehead atoms. The van der Waals surface area contributed by atoms with Crippen LogP contribution in [-0.2, 0) is 0 Å². The fourth-order valence-corrected chi connectivity index (χ4v) is 1.75. The fourth-order valence-electron chi connectivity index (χ4n) is 1.75. The van der Waals surface area contributed by atoms with Gasteiger partial charge in [0.2, 0.25) is 0 Å². The second-order valence-electron chi connectivity index (χ2n) is 4.09. The highest BCUT2D eigenvalue weighted by Crippen LogP contribution is 2.27. The van der Waals surface area contributed by atoms with Crippen LogP contribution >= 0.6 is 0 Å². The number of benzene rings is 1. The maximum atomic E-state index is 4.51. The first kappa shape index (κ1) is 8.45. The van der Waals surface area contributed by atoms with Gasteiger partial charge >= 0.3 is 0 Å². The minimum Gasteiger partial charge on any atom is -0.277 e. The molecular weight excluding hydrogens is 160 g/mol. The van der Waals surface area contributed by atoms with Gasteiger partial charge in [-0.05, 0) is 19.1 Å². The summed E-state index contributed by atoms with van der Waals surface area (Å²) in [4.78, 5) is 4.51. The first-order chi connectivity index (χ1) is 6.11. The molecule has 2 heteroatoms. The summed E-state index contributed by atoms with van der Waals surface area (Å²) in [6.07, 6.45) is 0. The Hall–Kier alpha value is -1.15. The minimum atomic E-state index is 0.850. The van der Waals surface area contributed by atoms with Crippen molar-refractivity contribution in [1.82, 2.24) is 4.48 Å². The Morgan fingerprint density at radius 1 is 1.23 bits per heavy atom. The van der Waals surface area contributed by atoms with E-state index in [0.29, 0.717) is 0 Å². The number of hydrogen-bond acceptors (Lipinski definition) is 1. The number of hydrogen-bond donors (Lipinski definition) is 0. The van der Waals surface area contributed by atoms with Gasteiger partial charge in [-0.1, -0.05) is 12.1 Å². The number of fused-ring (bicyclic) bond motifs is 1. The summed E-state index contributed by atoms with van der Waals surface area (Å²) in [5, 5.41) is 0. The molecule has 0 aliphatic carbocycles. The van der Waals surface area contributed by atoms with Gasteiger partial charge in [-0.2, -0.15) is 0 Å². The highest BCUT2D eigenvalue weighted by atomic mass is 15.4. The average molecular weight is 175 g/mol. The zero-order valence-electron chi connectivity index (χ0n) is 8.41. The van der Waals surface area contributed by atoms with E-state index >= 15 is 0 Å². The molecule has 0 spiro atoms. The summed E-state index contributed by atoms with van der Waals surface area (Å²) >= 11 is 0. The van der Waals surface area contributed by atoms with E-state index in [-0.39, 0.29) is 0 Å². The van der Waals surface area contributed by atoms with Gasteiger partial charge in [0.25, 0.3) is 0 Å². The predicted molar refractivity (Wildman–Crippen MR) is 57.2 cm³/mol. The highest BCUT2D eigenvalue weighted by Gasteiger charge is 2.26.